The number of aliphatic hydroxyl groups excluding tert-OH is 3. The van der Waals surface area contributed by atoms with Crippen LogP contribution >= 0.6 is 0 Å². The van der Waals surface area contributed by atoms with Gasteiger partial charge in [0.05, 0.1) is 19.8 Å². The maximum Gasteiger partial charge on any atom is 0.217 e. The van der Waals surface area contributed by atoms with E-state index in [0.29, 0.717) is 6.42 Å². The summed E-state index contributed by atoms with van der Waals surface area (Å²) in [6.07, 6.45) is -4.19. The van der Waals surface area contributed by atoms with Gasteiger partial charge in [0, 0.05) is 24.9 Å². The van der Waals surface area contributed by atoms with Crippen molar-refractivity contribution in [2.45, 2.75) is 43.9 Å². The van der Waals surface area contributed by atoms with Crippen LogP contribution in [0.25, 0.3) is 10.4 Å². The minimum atomic E-state index is -1.35. The van der Waals surface area contributed by atoms with Gasteiger partial charge in [-0.2, -0.15) is 5.06 Å². The second-order valence-electron chi connectivity index (χ2n) is 5.09. The second-order valence-corrected chi connectivity index (χ2v) is 5.09. The Morgan fingerprint density at radius 2 is 2.17 bits per heavy atom. The molecule has 0 unspecified atom stereocenters. The van der Waals surface area contributed by atoms with Gasteiger partial charge in [0.1, 0.15) is 18.3 Å². The maximum absolute atomic E-state index is 11.3. The monoisotopic (exact) mass is 333 g/mol. The van der Waals surface area contributed by atoms with Gasteiger partial charge >= 0.3 is 0 Å². The quantitative estimate of drug-likeness (QED) is 0.138. The third-order valence-electron chi connectivity index (χ3n) is 3.49. The minimum Gasteiger partial charge on any atom is -0.394 e. The summed E-state index contributed by atoms with van der Waals surface area (Å²) in [7, 11) is 1.38. The largest absolute Gasteiger partial charge is 0.394 e. The van der Waals surface area contributed by atoms with Crippen LogP contribution in [0.4, 0.5) is 0 Å². The van der Waals surface area contributed by atoms with Crippen molar-refractivity contribution in [2.24, 2.45) is 5.11 Å². The molecule has 1 amide bonds. The van der Waals surface area contributed by atoms with E-state index in [9.17, 15) is 20.1 Å². The van der Waals surface area contributed by atoms with Gasteiger partial charge in [-0.3, -0.25) is 9.63 Å². The van der Waals surface area contributed by atoms with Crippen LogP contribution < -0.4 is 5.32 Å². The number of aliphatic hydroxyl groups is 3. The number of hydrogen-bond acceptors (Lipinski definition) is 8. The van der Waals surface area contributed by atoms with Crippen LogP contribution in [0.1, 0.15) is 13.3 Å². The SMILES string of the molecule is CON(CCCN=[N+]=[N-])[C@@H]1O[C@H](CO)[C@@H](O)[C@H](O)[C@H]1NC(C)=O. The molecule has 1 saturated heterocycles. The fraction of sp³-hybridized carbons (Fsp3) is 0.917. The van der Waals surface area contributed by atoms with Gasteiger partial charge in [-0.25, -0.2) is 0 Å². The minimum absolute atomic E-state index is 0.239. The Balaban J connectivity index is 2.88. The van der Waals surface area contributed by atoms with Crippen LogP contribution in [-0.4, -0.2) is 83.7 Å². The molecule has 11 nitrogen and oxygen atoms in total. The van der Waals surface area contributed by atoms with Gasteiger partial charge in [0.15, 0.2) is 6.23 Å². The lowest BCUT2D eigenvalue weighted by molar-refractivity contribution is -0.304. The number of carbonyl (C=O) groups is 1. The molecule has 11 heteroatoms. The lowest BCUT2D eigenvalue weighted by Gasteiger charge is -2.45. The third kappa shape index (κ3) is 5.29. The summed E-state index contributed by atoms with van der Waals surface area (Å²) in [5.41, 5.74) is 8.26. The number of rotatable bonds is 8. The van der Waals surface area contributed by atoms with E-state index in [4.69, 9.17) is 15.1 Å². The molecule has 1 aliphatic rings. The standard InChI is InChI=1S/C12H23N5O6/c1-7(19)15-9-11(21)10(20)8(6-18)23-12(9)17(22-2)5-3-4-14-16-13/h8-12,18,20-21H,3-6H2,1-2H3,(H,15,19)/t8-,9-,10-,11-,12-/m1/s1. The highest BCUT2D eigenvalue weighted by molar-refractivity contribution is 5.73. The Morgan fingerprint density at radius 3 is 2.70 bits per heavy atom. The van der Waals surface area contributed by atoms with Crippen molar-refractivity contribution in [1.29, 1.82) is 0 Å². The summed E-state index contributed by atoms with van der Waals surface area (Å²) >= 11 is 0. The van der Waals surface area contributed by atoms with Crippen molar-refractivity contribution in [2.75, 3.05) is 26.8 Å². The fourth-order valence-corrected chi connectivity index (χ4v) is 2.40. The van der Waals surface area contributed by atoms with E-state index in [-0.39, 0.29) is 13.1 Å². The average molecular weight is 333 g/mol. The molecule has 0 radical (unpaired) electrons. The van der Waals surface area contributed by atoms with Crippen LogP contribution in [-0.2, 0) is 14.4 Å². The van der Waals surface area contributed by atoms with Gasteiger partial charge < -0.3 is 25.4 Å². The van der Waals surface area contributed by atoms with Gasteiger partial charge in [0.2, 0.25) is 5.91 Å². The molecule has 4 N–H and O–H groups in total. The predicted octanol–water partition coefficient (Wildman–Crippen LogP) is -1.51. The normalized spacial score (nSPS) is 30.8. The van der Waals surface area contributed by atoms with Crippen molar-refractivity contribution in [1.82, 2.24) is 10.4 Å². The Morgan fingerprint density at radius 1 is 1.48 bits per heavy atom. The smallest absolute Gasteiger partial charge is 0.217 e. The number of carbonyl (C=O) groups excluding carboxylic acids is 1. The molecule has 0 aromatic rings. The molecule has 0 bridgehead atoms. The highest BCUT2D eigenvalue weighted by atomic mass is 16.7. The van der Waals surface area contributed by atoms with Gasteiger partial charge in [0.25, 0.3) is 0 Å². The van der Waals surface area contributed by atoms with Crippen LogP contribution in [0.5, 0.6) is 0 Å². The summed E-state index contributed by atoms with van der Waals surface area (Å²) in [5, 5.41) is 36.7. The summed E-state index contributed by atoms with van der Waals surface area (Å²) in [6, 6.07) is -0.954. The first-order chi connectivity index (χ1) is 11.0. The molecule has 5 atom stereocenters. The summed E-state index contributed by atoms with van der Waals surface area (Å²) < 4.78 is 5.56. The van der Waals surface area contributed by atoms with Crippen molar-refractivity contribution in [3.05, 3.63) is 10.4 Å². The summed E-state index contributed by atoms with van der Waals surface area (Å²) in [5.74, 6) is -0.414. The number of amides is 1. The van der Waals surface area contributed by atoms with E-state index in [0.717, 1.165) is 0 Å². The van der Waals surface area contributed by atoms with E-state index >= 15 is 0 Å². The molecule has 0 aromatic carbocycles. The van der Waals surface area contributed by atoms with E-state index in [1.165, 1.54) is 19.1 Å². The van der Waals surface area contributed by atoms with Gasteiger partial charge in [-0.15, -0.1) is 0 Å². The fourth-order valence-electron chi connectivity index (χ4n) is 2.40. The molecule has 0 spiro atoms. The van der Waals surface area contributed by atoms with Crippen LogP contribution in [0, 0.1) is 0 Å². The highest BCUT2D eigenvalue weighted by Gasteiger charge is 2.47. The number of azide groups is 1. The summed E-state index contributed by atoms with van der Waals surface area (Å²) in [4.78, 5) is 19.2. The molecule has 1 heterocycles. The van der Waals surface area contributed by atoms with E-state index in [1.54, 1.807) is 0 Å². The molecular weight excluding hydrogens is 310 g/mol. The Bertz CT molecular complexity index is 432. The van der Waals surface area contributed by atoms with Crippen molar-refractivity contribution in [3.63, 3.8) is 0 Å². The zero-order valence-corrected chi connectivity index (χ0v) is 13.1. The lowest BCUT2D eigenvalue weighted by Crippen LogP contribution is -2.67. The first-order valence-corrected chi connectivity index (χ1v) is 7.17. The average Bonchev–Trinajstić information content (AvgIpc) is 2.53. The topological polar surface area (TPSA) is 160 Å². The van der Waals surface area contributed by atoms with Gasteiger partial charge in [-0.1, -0.05) is 5.11 Å². The Kier molecular flexibility index (Phi) is 8.20. The third-order valence-corrected chi connectivity index (χ3v) is 3.49. The summed E-state index contributed by atoms with van der Waals surface area (Å²) in [6.45, 7) is 1.30. The molecule has 1 rings (SSSR count). The zero-order valence-electron chi connectivity index (χ0n) is 13.1. The lowest BCUT2D eigenvalue weighted by atomic mass is 9.95. The Labute approximate surface area is 133 Å². The maximum atomic E-state index is 11.3. The van der Waals surface area contributed by atoms with E-state index in [2.05, 4.69) is 15.3 Å². The molecule has 0 saturated carbocycles. The van der Waals surface area contributed by atoms with Crippen LogP contribution in [0.3, 0.4) is 0 Å². The predicted molar refractivity (Wildman–Crippen MR) is 77.7 cm³/mol. The molecule has 0 aliphatic carbocycles. The highest BCUT2D eigenvalue weighted by Crippen LogP contribution is 2.24. The van der Waals surface area contributed by atoms with Crippen molar-refractivity contribution < 1.29 is 29.7 Å². The first-order valence-electron chi connectivity index (χ1n) is 7.17. The molecule has 0 aromatic heterocycles. The van der Waals surface area contributed by atoms with Crippen LogP contribution in [0.15, 0.2) is 5.11 Å². The zero-order chi connectivity index (χ0) is 17.4. The number of hydroxylamine groups is 2. The van der Waals surface area contributed by atoms with Crippen LogP contribution in [0.2, 0.25) is 0 Å². The van der Waals surface area contributed by atoms with Crippen molar-refractivity contribution >= 4 is 5.91 Å². The molecule has 1 fully saturated rings. The molecule has 23 heavy (non-hydrogen) atoms. The number of nitrogens with zero attached hydrogens (tertiary/aromatic N) is 4. The Hall–Kier alpha value is -1.46. The number of hydrogen-bond donors (Lipinski definition) is 4. The van der Waals surface area contributed by atoms with Crippen molar-refractivity contribution in [3.8, 4) is 0 Å². The van der Waals surface area contributed by atoms with Gasteiger partial charge in [-0.05, 0) is 12.0 Å². The second kappa shape index (κ2) is 9.63. The number of ether oxygens (including phenoxy) is 1. The molecule has 1 aliphatic heterocycles. The molecule has 132 valence electrons. The van der Waals surface area contributed by atoms with E-state index in [1.807, 2.05) is 0 Å². The first kappa shape index (κ1) is 19.6. The number of nitrogens with one attached hydrogen (secondary N) is 1. The van der Waals surface area contributed by atoms with E-state index < -0.39 is 43.1 Å². The molecular formula is C12H23N5O6.